The van der Waals surface area contributed by atoms with Crippen molar-refractivity contribution in [2.45, 2.75) is 6.42 Å². The molecule has 0 saturated heterocycles. The minimum absolute atomic E-state index is 0.436. The van der Waals surface area contributed by atoms with Crippen molar-refractivity contribution in [3.05, 3.63) is 41.3 Å². The number of aromatic nitrogens is 2. The molecule has 2 heterocycles. The number of hydrogen-bond donors (Lipinski definition) is 1. The average Bonchev–Trinajstić information content (AvgIpc) is 2.46. The highest BCUT2D eigenvalue weighted by molar-refractivity contribution is 6.29. The van der Waals surface area contributed by atoms with Crippen molar-refractivity contribution in [3.8, 4) is 0 Å². The van der Waals surface area contributed by atoms with Gasteiger partial charge in [0, 0.05) is 42.2 Å². The normalized spacial score (nSPS) is 12.4. The minimum Gasteiger partial charge on any atom is -0.404 e. The van der Waals surface area contributed by atoms with Crippen LogP contribution in [-0.2, 0) is 0 Å². The lowest BCUT2D eigenvalue weighted by Crippen LogP contribution is -1.95. The van der Waals surface area contributed by atoms with Crippen LogP contribution in [0.5, 0.6) is 0 Å². The predicted octanol–water partition coefficient (Wildman–Crippen LogP) is 3.28. The minimum atomic E-state index is 0.436. The van der Waals surface area contributed by atoms with E-state index in [1.165, 1.54) is 6.20 Å². The van der Waals surface area contributed by atoms with Gasteiger partial charge >= 0.3 is 0 Å². The van der Waals surface area contributed by atoms with Crippen molar-refractivity contribution in [2.24, 2.45) is 10.7 Å². The first-order valence-electron chi connectivity index (χ1n) is 6.15. The van der Waals surface area contributed by atoms with Gasteiger partial charge in [-0.2, -0.15) is 0 Å². The first-order valence-corrected chi connectivity index (χ1v) is 7.06. The van der Waals surface area contributed by atoms with Gasteiger partial charge in [-0.25, -0.2) is 4.98 Å². The molecule has 0 bridgehead atoms. The van der Waals surface area contributed by atoms with E-state index in [4.69, 9.17) is 28.9 Å². The summed E-state index contributed by atoms with van der Waals surface area (Å²) in [6, 6.07) is 5.43. The quantitative estimate of drug-likeness (QED) is 0.399. The first-order chi connectivity index (χ1) is 9.74. The zero-order valence-electron chi connectivity index (χ0n) is 10.8. The molecule has 4 nitrogen and oxygen atoms in total. The SMILES string of the molecule is NC=C(C=NCCCCl)c1cnc2ccc(Cl)nc2c1. The number of halogens is 2. The van der Waals surface area contributed by atoms with E-state index >= 15 is 0 Å². The third kappa shape index (κ3) is 3.68. The molecule has 2 N–H and O–H groups in total. The van der Waals surface area contributed by atoms with Crippen LogP contribution in [0.2, 0.25) is 5.15 Å². The number of aliphatic imine (C=N–C) groups is 1. The second kappa shape index (κ2) is 7.22. The number of nitrogens with zero attached hydrogens (tertiary/aromatic N) is 3. The van der Waals surface area contributed by atoms with E-state index < -0.39 is 0 Å². The van der Waals surface area contributed by atoms with Crippen LogP contribution in [0.4, 0.5) is 0 Å². The van der Waals surface area contributed by atoms with Gasteiger partial charge in [0.05, 0.1) is 11.0 Å². The van der Waals surface area contributed by atoms with Crippen LogP contribution in [-0.4, -0.2) is 28.6 Å². The number of alkyl halides is 1. The van der Waals surface area contributed by atoms with Gasteiger partial charge in [-0.05, 0) is 24.6 Å². The van der Waals surface area contributed by atoms with Crippen LogP contribution in [0.25, 0.3) is 16.6 Å². The van der Waals surface area contributed by atoms with Crippen LogP contribution in [0.1, 0.15) is 12.0 Å². The summed E-state index contributed by atoms with van der Waals surface area (Å²) in [5, 5.41) is 0.436. The highest BCUT2D eigenvalue weighted by Gasteiger charge is 2.03. The molecule has 0 amide bonds. The standard InChI is InChI=1S/C14H14Cl2N4/c15-4-1-5-18-8-11(7-17)10-6-13-12(19-9-10)2-3-14(16)20-13/h2-3,6-9H,1,4-5,17H2. The fraction of sp³-hybridized carbons (Fsp3) is 0.214. The molecule has 2 aromatic rings. The summed E-state index contributed by atoms with van der Waals surface area (Å²) in [6.07, 6.45) is 5.80. The van der Waals surface area contributed by atoms with Gasteiger partial charge in [0.15, 0.2) is 0 Å². The monoisotopic (exact) mass is 308 g/mol. The van der Waals surface area contributed by atoms with Crippen molar-refractivity contribution < 1.29 is 0 Å². The van der Waals surface area contributed by atoms with E-state index in [0.717, 1.165) is 28.6 Å². The second-order valence-electron chi connectivity index (χ2n) is 4.10. The van der Waals surface area contributed by atoms with Crippen LogP contribution in [0.3, 0.4) is 0 Å². The lowest BCUT2D eigenvalue weighted by atomic mass is 10.1. The summed E-state index contributed by atoms with van der Waals surface area (Å²) in [4.78, 5) is 12.8. The molecule has 0 aliphatic carbocycles. The molecule has 20 heavy (non-hydrogen) atoms. The molecule has 6 heteroatoms. The highest BCUT2D eigenvalue weighted by atomic mass is 35.5. The van der Waals surface area contributed by atoms with E-state index in [2.05, 4.69) is 15.0 Å². The molecule has 2 aromatic heterocycles. The van der Waals surface area contributed by atoms with Gasteiger partial charge in [-0.15, -0.1) is 11.6 Å². The Kier molecular flexibility index (Phi) is 5.32. The molecular formula is C14H14Cl2N4. The maximum Gasteiger partial charge on any atom is 0.129 e. The maximum absolute atomic E-state index is 5.89. The Balaban J connectivity index is 2.28. The van der Waals surface area contributed by atoms with E-state index in [9.17, 15) is 0 Å². The molecule has 0 aliphatic rings. The molecule has 0 radical (unpaired) electrons. The second-order valence-corrected chi connectivity index (χ2v) is 4.86. The van der Waals surface area contributed by atoms with Crippen LogP contribution in [0, 0.1) is 0 Å². The molecule has 0 unspecified atom stereocenters. The number of fused-ring (bicyclic) bond motifs is 1. The van der Waals surface area contributed by atoms with E-state index in [0.29, 0.717) is 17.6 Å². The summed E-state index contributed by atoms with van der Waals surface area (Å²) < 4.78 is 0. The number of nitrogens with two attached hydrogens (primary N) is 1. The lowest BCUT2D eigenvalue weighted by Gasteiger charge is -2.03. The molecule has 0 atom stereocenters. The van der Waals surface area contributed by atoms with E-state index in [1.54, 1.807) is 18.5 Å². The van der Waals surface area contributed by atoms with E-state index in [1.807, 2.05) is 12.1 Å². The largest absolute Gasteiger partial charge is 0.404 e. The first kappa shape index (κ1) is 14.8. The third-order valence-corrected chi connectivity index (χ3v) is 3.15. The Labute approximate surface area is 127 Å². The summed E-state index contributed by atoms with van der Waals surface area (Å²) in [5.41, 5.74) is 8.79. The van der Waals surface area contributed by atoms with Crippen molar-refractivity contribution in [1.29, 1.82) is 0 Å². The van der Waals surface area contributed by atoms with Gasteiger partial charge < -0.3 is 5.73 Å². The fourth-order valence-electron chi connectivity index (χ4n) is 1.67. The van der Waals surface area contributed by atoms with Gasteiger partial charge in [-0.3, -0.25) is 9.98 Å². The van der Waals surface area contributed by atoms with Crippen LogP contribution < -0.4 is 5.73 Å². The number of pyridine rings is 2. The Morgan fingerprint density at radius 2 is 2.20 bits per heavy atom. The number of hydrogen-bond acceptors (Lipinski definition) is 4. The van der Waals surface area contributed by atoms with Crippen LogP contribution in [0.15, 0.2) is 35.6 Å². The smallest absolute Gasteiger partial charge is 0.129 e. The Bertz CT molecular complexity index is 653. The summed E-state index contributed by atoms with van der Waals surface area (Å²) in [5.74, 6) is 0.596. The number of allylic oxidation sites excluding steroid dienone is 1. The van der Waals surface area contributed by atoms with Gasteiger partial charge in [0.2, 0.25) is 0 Å². The molecule has 104 valence electrons. The molecule has 0 saturated carbocycles. The molecular weight excluding hydrogens is 295 g/mol. The zero-order chi connectivity index (χ0) is 14.4. The van der Waals surface area contributed by atoms with Gasteiger partial charge in [0.25, 0.3) is 0 Å². The maximum atomic E-state index is 5.89. The summed E-state index contributed by atoms with van der Waals surface area (Å²) in [6.45, 7) is 0.673. The van der Waals surface area contributed by atoms with Crippen molar-refractivity contribution in [1.82, 2.24) is 9.97 Å². The zero-order valence-corrected chi connectivity index (χ0v) is 12.3. The van der Waals surface area contributed by atoms with E-state index in [-0.39, 0.29) is 0 Å². The topological polar surface area (TPSA) is 64.2 Å². The van der Waals surface area contributed by atoms with Crippen molar-refractivity contribution >= 4 is 46.0 Å². The summed E-state index contributed by atoms with van der Waals surface area (Å²) >= 11 is 11.5. The Morgan fingerprint density at radius 3 is 2.95 bits per heavy atom. The molecule has 0 aromatic carbocycles. The van der Waals surface area contributed by atoms with Gasteiger partial charge in [-0.1, -0.05) is 11.6 Å². The molecule has 0 fully saturated rings. The van der Waals surface area contributed by atoms with Crippen molar-refractivity contribution in [2.75, 3.05) is 12.4 Å². The summed E-state index contributed by atoms with van der Waals surface area (Å²) in [7, 11) is 0. The molecule has 0 spiro atoms. The fourth-order valence-corrected chi connectivity index (χ4v) is 1.94. The highest BCUT2D eigenvalue weighted by Crippen LogP contribution is 2.18. The average molecular weight is 309 g/mol. The Morgan fingerprint density at radius 1 is 1.35 bits per heavy atom. The van der Waals surface area contributed by atoms with Gasteiger partial charge in [0.1, 0.15) is 5.15 Å². The molecule has 0 aliphatic heterocycles. The lowest BCUT2D eigenvalue weighted by molar-refractivity contribution is 0.944. The Hall–Kier alpha value is -1.65. The van der Waals surface area contributed by atoms with Crippen molar-refractivity contribution in [3.63, 3.8) is 0 Å². The third-order valence-electron chi connectivity index (χ3n) is 2.67. The van der Waals surface area contributed by atoms with Crippen LogP contribution >= 0.6 is 23.2 Å². The molecule has 2 rings (SSSR count). The predicted molar refractivity (Wildman–Crippen MR) is 85.4 cm³/mol. The number of rotatable bonds is 5.